The van der Waals surface area contributed by atoms with Gasteiger partial charge in [-0.15, -0.1) is 11.3 Å². The molecule has 162 valence electrons. The summed E-state index contributed by atoms with van der Waals surface area (Å²) in [7, 11) is 0. The minimum atomic E-state index is -0.0870. The van der Waals surface area contributed by atoms with E-state index in [9.17, 15) is 4.79 Å². The minimum absolute atomic E-state index is 0.0268. The molecular weight excluding hydrogens is 448 g/mol. The third-order valence-electron chi connectivity index (χ3n) is 5.29. The summed E-state index contributed by atoms with van der Waals surface area (Å²) in [5, 5.41) is 8.65. The van der Waals surface area contributed by atoms with Crippen LogP contribution in [0.5, 0.6) is 0 Å². The molecule has 1 aromatic carbocycles. The molecule has 0 spiro atoms. The summed E-state index contributed by atoms with van der Waals surface area (Å²) < 4.78 is 1.57. The first-order valence-electron chi connectivity index (χ1n) is 9.99. The molecule has 4 aromatic rings. The third-order valence-corrected chi connectivity index (χ3v) is 6.81. The maximum atomic E-state index is 12.6. The fourth-order valence-corrected chi connectivity index (χ4v) is 4.77. The molecule has 0 radical (unpaired) electrons. The second-order valence-electron chi connectivity index (χ2n) is 7.40. The molecule has 0 aliphatic carbocycles. The van der Waals surface area contributed by atoms with Gasteiger partial charge in [0, 0.05) is 29.6 Å². The largest absolute Gasteiger partial charge is 0.355 e. The van der Waals surface area contributed by atoms with Crippen molar-refractivity contribution in [3.8, 4) is 16.4 Å². The Kier molecular flexibility index (Phi) is 5.54. The molecule has 1 saturated heterocycles. The van der Waals surface area contributed by atoms with Crippen molar-refractivity contribution in [2.24, 2.45) is 5.92 Å². The van der Waals surface area contributed by atoms with E-state index in [-0.39, 0.29) is 11.8 Å². The van der Waals surface area contributed by atoms with Gasteiger partial charge in [-0.05, 0) is 13.0 Å². The first-order valence-corrected chi connectivity index (χ1v) is 11.2. The summed E-state index contributed by atoms with van der Waals surface area (Å²) in [6.07, 6.45) is 4.52. The second-order valence-corrected chi connectivity index (χ2v) is 8.89. The Hall–Kier alpha value is -3.37. The van der Waals surface area contributed by atoms with Crippen molar-refractivity contribution in [1.29, 1.82) is 0 Å². The van der Waals surface area contributed by atoms with E-state index in [1.807, 2.05) is 42.2 Å². The molecule has 1 amide bonds. The van der Waals surface area contributed by atoms with Gasteiger partial charge in [-0.2, -0.15) is 5.10 Å². The minimum Gasteiger partial charge on any atom is -0.355 e. The zero-order chi connectivity index (χ0) is 22.1. The van der Waals surface area contributed by atoms with Crippen LogP contribution in [0.4, 0.5) is 5.82 Å². The number of halogens is 1. The highest BCUT2D eigenvalue weighted by Gasteiger charge is 2.33. The fraction of sp³-hybridized carbons (Fsp3) is 0.238. The van der Waals surface area contributed by atoms with Gasteiger partial charge in [0.05, 0.1) is 23.2 Å². The van der Waals surface area contributed by atoms with Crippen molar-refractivity contribution < 1.29 is 4.79 Å². The van der Waals surface area contributed by atoms with E-state index in [1.54, 1.807) is 22.3 Å². The second kappa shape index (κ2) is 8.64. The van der Waals surface area contributed by atoms with Crippen LogP contribution in [0.2, 0.25) is 5.02 Å². The van der Waals surface area contributed by atoms with E-state index in [2.05, 4.69) is 30.4 Å². The molecule has 0 saturated carbocycles. The zero-order valence-electron chi connectivity index (χ0n) is 17.1. The number of thiazole rings is 1. The number of aromatic nitrogens is 6. The molecule has 1 aliphatic rings. The van der Waals surface area contributed by atoms with Gasteiger partial charge in [0.2, 0.25) is 5.91 Å². The standard InChI is InChI=1S/C21H19ClN8OS/c1-13-17(32-21(28-13)15-4-2-3-5-16(15)22)7-24-20(31)14-8-29(9-14)18-6-19(26-11-25-18)30-12-23-10-27-30/h2-6,10-12,14H,7-9H2,1H3,(H,24,31). The Morgan fingerprint density at radius 2 is 2.03 bits per heavy atom. The van der Waals surface area contributed by atoms with Crippen LogP contribution in [0.3, 0.4) is 0 Å². The summed E-state index contributed by atoms with van der Waals surface area (Å²) in [4.78, 5) is 32.8. The van der Waals surface area contributed by atoms with Crippen LogP contribution in [0.1, 0.15) is 10.6 Å². The monoisotopic (exact) mass is 466 g/mol. The van der Waals surface area contributed by atoms with Crippen molar-refractivity contribution in [2.75, 3.05) is 18.0 Å². The number of amides is 1. The zero-order valence-corrected chi connectivity index (χ0v) is 18.7. The van der Waals surface area contributed by atoms with Crippen LogP contribution < -0.4 is 10.2 Å². The molecule has 9 nitrogen and oxygen atoms in total. The molecule has 32 heavy (non-hydrogen) atoms. The van der Waals surface area contributed by atoms with E-state index >= 15 is 0 Å². The average molecular weight is 467 g/mol. The summed E-state index contributed by atoms with van der Waals surface area (Å²) >= 11 is 7.85. The van der Waals surface area contributed by atoms with Gasteiger partial charge in [0.25, 0.3) is 0 Å². The number of benzene rings is 1. The number of nitrogens with one attached hydrogen (secondary N) is 1. The van der Waals surface area contributed by atoms with Gasteiger partial charge in [-0.1, -0.05) is 29.8 Å². The number of carbonyl (C=O) groups is 1. The van der Waals surface area contributed by atoms with Crippen molar-refractivity contribution in [2.45, 2.75) is 13.5 Å². The molecule has 0 bridgehead atoms. The predicted molar refractivity (Wildman–Crippen MR) is 122 cm³/mol. The Balaban J connectivity index is 1.18. The molecule has 0 atom stereocenters. The lowest BCUT2D eigenvalue weighted by Crippen LogP contribution is -2.54. The normalized spacial score (nSPS) is 13.8. The Morgan fingerprint density at radius 3 is 2.81 bits per heavy atom. The van der Waals surface area contributed by atoms with Crippen LogP contribution in [0.15, 0.2) is 49.3 Å². The summed E-state index contributed by atoms with van der Waals surface area (Å²) in [5.74, 6) is 1.34. The summed E-state index contributed by atoms with van der Waals surface area (Å²) in [6, 6.07) is 9.47. The summed E-state index contributed by atoms with van der Waals surface area (Å²) in [5.41, 5.74) is 1.81. The number of nitrogens with zero attached hydrogens (tertiary/aromatic N) is 7. The molecule has 1 N–H and O–H groups in total. The van der Waals surface area contributed by atoms with Gasteiger partial charge in [0.1, 0.15) is 29.8 Å². The van der Waals surface area contributed by atoms with Gasteiger partial charge in [-0.25, -0.2) is 24.6 Å². The topological polar surface area (TPSA) is 102 Å². The highest BCUT2D eigenvalue weighted by Crippen LogP contribution is 2.32. The van der Waals surface area contributed by atoms with Gasteiger partial charge < -0.3 is 10.2 Å². The van der Waals surface area contributed by atoms with Gasteiger partial charge in [0.15, 0.2) is 5.82 Å². The van der Waals surface area contributed by atoms with Crippen molar-refractivity contribution in [3.05, 3.63) is 64.9 Å². The molecule has 3 aromatic heterocycles. The summed E-state index contributed by atoms with van der Waals surface area (Å²) in [6.45, 7) is 3.61. The van der Waals surface area contributed by atoms with E-state index in [4.69, 9.17) is 11.6 Å². The van der Waals surface area contributed by atoms with Crippen molar-refractivity contribution >= 4 is 34.7 Å². The van der Waals surface area contributed by atoms with Gasteiger partial charge in [-0.3, -0.25) is 4.79 Å². The predicted octanol–water partition coefficient (Wildman–Crippen LogP) is 2.90. The van der Waals surface area contributed by atoms with Crippen LogP contribution in [-0.4, -0.2) is 48.7 Å². The van der Waals surface area contributed by atoms with Crippen molar-refractivity contribution in [3.63, 3.8) is 0 Å². The Labute approximate surface area is 193 Å². The molecule has 1 aliphatic heterocycles. The fourth-order valence-electron chi connectivity index (χ4n) is 3.45. The molecule has 5 rings (SSSR count). The lowest BCUT2D eigenvalue weighted by Gasteiger charge is -2.39. The Bertz CT molecular complexity index is 1250. The molecule has 4 heterocycles. The first-order chi connectivity index (χ1) is 15.6. The SMILES string of the molecule is Cc1nc(-c2ccccc2Cl)sc1CNC(=O)C1CN(c2cc(-n3cncn3)ncn2)C1. The lowest BCUT2D eigenvalue weighted by molar-refractivity contribution is -0.125. The molecule has 0 unspecified atom stereocenters. The first kappa shape index (κ1) is 20.5. The number of hydrogen-bond donors (Lipinski definition) is 1. The number of anilines is 1. The van der Waals surface area contributed by atoms with Crippen molar-refractivity contribution in [1.82, 2.24) is 35.0 Å². The van der Waals surface area contributed by atoms with E-state index in [0.29, 0.717) is 30.5 Å². The van der Waals surface area contributed by atoms with E-state index < -0.39 is 0 Å². The van der Waals surface area contributed by atoms with Crippen LogP contribution >= 0.6 is 22.9 Å². The van der Waals surface area contributed by atoms with E-state index in [0.717, 1.165) is 27.0 Å². The maximum absolute atomic E-state index is 12.6. The molecule has 11 heteroatoms. The van der Waals surface area contributed by atoms with Crippen LogP contribution in [0, 0.1) is 12.8 Å². The maximum Gasteiger partial charge on any atom is 0.226 e. The average Bonchev–Trinajstić information content (AvgIpc) is 3.42. The molecular formula is C21H19ClN8OS. The van der Waals surface area contributed by atoms with Crippen LogP contribution in [-0.2, 0) is 11.3 Å². The van der Waals surface area contributed by atoms with Gasteiger partial charge >= 0.3 is 0 Å². The number of hydrogen-bond acceptors (Lipinski definition) is 8. The number of rotatable bonds is 6. The lowest BCUT2D eigenvalue weighted by atomic mass is 9.99. The van der Waals surface area contributed by atoms with Crippen LogP contribution in [0.25, 0.3) is 16.4 Å². The highest BCUT2D eigenvalue weighted by molar-refractivity contribution is 7.15. The third kappa shape index (κ3) is 4.06. The highest BCUT2D eigenvalue weighted by atomic mass is 35.5. The Morgan fingerprint density at radius 1 is 1.22 bits per heavy atom. The smallest absolute Gasteiger partial charge is 0.226 e. The van der Waals surface area contributed by atoms with E-state index in [1.165, 1.54) is 12.7 Å². The molecule has 1 fully saturated rings. The quantitative estimate of drug-likeness (QED) is 0.466. The number of carbonyl (C=O) groups excluding carboxylic acids is 1. The number of aryl methyl sites for hydroxylation is 1.